The van der Waals surface area contributed by atoms with Gasteiger partial charge in [-0.3, -0.25) is 0 Å². The monoisotopic (exact) mass is 366 g/mol. The van der Waals surface area contributed by atoms with E-state index < -0.39 is 0 Å². The van der Waals surface area contributed by atoms with Crippen molar-refractivity contribution in [3.8, 4) is 17.2 Å². The number of aromatic nitrogens is 2. The van der Waals surface area contributed by atoms with Gasteiger partial charge >= 0.3 is 0 Å². The summed E-state index contributed by atoms with van der Waals surface area (Å²) in [5, 5.41) is 9.63. The average Bonchev–Trinajstić information content (AvgIpc) is 3.03. The summed E-state index contributed by atoms with van der Waals surface area (Å²) < 4.78 is 11.2. The molecule has 3 aromatic rings. The molecule has 4 nitrogen and oxygen atoms in total. The minimum Gasteiger partial charge on any atom is -0.491 e. The maximum atomic E-state index is 6.04. The van der Waals surface area contributed by atoms with E-state index >= 15 is 0 Å². The van der Waals surface area contributed by atoms with Gasteiger partial charge in [0.15, 0.2) is 0 Å². The highest BCUT2D eigenvalue weighted by atomic mass is 35.5. The summed E-state index contributed by atoms with van der Waals surface area (Å²) in [6, 6.07) is 14.8. The Balaban J connectivity index is 1.50. The van der Waals surface area contributed by atoms with Crippen LogP contribution in [0.5, 0.6) is 5.75 Å². The molecule has 1 aromatic heterocycles. The van der Waals surface area contributed by atoms with Gasteiger partial charge in [0.2, 0.25) is 5.89 Å². The zero-order valence-electron chi connectivity index (χ0n) is 11.9. The second-order valence-corrected chi connectivity index (χ2v) is 6.40. The fourth-order valence-electron chi connectivity index (χ4n) is 1.84. The predicted molar refractivity (Wildman–Crippen MR) is 92.4 cm³/mol. The second kappa shape index (κ2) is 7.73. The number of nitrogens with zero attached hydrogens (tertiary/aromatic N) is 2. The Bertz CT molecular complexity index is 781. The Kier molecular flexibility index (Phi) is 5.43. The van der Waals surface area contributed by atoms with Crippen molar-refractivity contribution >= 4 is 35.0 Å². The smallest absolute Gasteiger partial charge is 0.276 e. The van der Waals surface area contributed by atoms with Crippen LogP contribution in [-0.2, 0) is 0 Å². The minimum atomic E-state index is 0.467. The zero-order valence-corrected chi connectivity index (χ0v) is 14.2. The fraction of sp³-hybridized carbons (Fsp3) is 0.125. The molecule has 0 unspecified atom stereocenters. The molecule has 2 aromatic carbocycles. The van der Waals surface area contributed by atoms with Crippen molar-refractivity contribution in [3.63, 3.8) is 0 Å². The lowest BCUT2D eigenvalue weighted by molar-refractivity contribution is 0.343. The van der Waals surface area contributed by atoms with Gasteiger partial charge in [-0.15, -0.1) is 10.2 Å². The van der Waals surface area contributed by atoms with Crippen LogP contribution in [0.15, 0.2) is 58.2 Å². The highest BCUT2D eigenvalue weighted by molar-refractivity contribution is 7.99. The number of rotatable bonds is 6. The Morgan fingerprint density at radius 1 is 1.04 bits per heavy atom. The van der Waals surface area contributed by atoms with Crippen LogP contribution < -0.4 is 4.74 Å². The van der Waals surface area contributed by atoms with E-state index in [0.717, 1.165) is 5.56 Å². The summed E-state index contributed by atoms with van der Waals surface area (Å²) in [6.07, 6.45) is 0. The first kappa shape index (κ1) is 16.2. The molecule has 0 saturated heterocycles. The first-order valence-electron chi connectivity index (χ1n) is 6.82. The van der Waals surface area contributed by atoms with Crippen LogP contribution >= 0.6 is 35.0 Å². The molecule has 23 heavy (non-hydrogen) atoms. The summed E-state index contributed by atoms with van der Waals surface area (Å²) in [5.41, 5.74) is 0.899. The normalized spacial score (nSPS) is 10.7. The van der Waals surface area contributed by atoms with Gasteiger partial charge in [0, 0.05) is 16.3 Å². The van der Waals surface area contributed by atoms with Gasteiger partial charge in [0.1, 0.15) is 5.75 Å². The molecule has 0 aliphatic carbocycles. The summed E-state index contributed by atoms with van der Waals surface area (Å²) in [4.78, 5) is 0. The van der Waals surface area contributed by atoms with E-state index in [2.05, 4.69) is 10.2 Å². The molecular formula is C16H12Cl2N2O2S. The molecule has 7 heteroatoms. The highest BCUT2D eigenvalue weighted by Crippen LogP contribution is 2.28. The topological polar surface area (TPSA) is 48.2 Å². The first-order chi connectivity index (χ1) is 11.2. The number of thioether (sulfide) groups is 1. The Labute approximate surface area is 147 Å². The number of halogens is 2. The third-order valence-corrected chi connectivity index (χ3v) is 4.20. The lowest BCUT2D eigenvalue weighted by Gasteiger charge is -2.06. The molecule has 0 amide bonds. The van der Waals surface area contributed by atoms with Gasteiger partial charge in [-0.1, -0.05) is 53.2 Å². The Hall–Kier alpha value is -1.69. The van der Waals surface area contributed by atoms with E-state index in [1.165, 1.54) is 11.8 Å². The summed E-state index contributed by atoms with van der Waals surface area (Å²) in [6.45, 7) is 0.467. The van der Waals surface area contributed by atoms with Crippen LogP contribution in [0, 0.1) is 0 Å². The van der Waals surface area contributed by atoms with Crippen molar-refractivity contribution in [1.29, 1.82) is 0 Å². The third kappa shape index (κ3) is 4.41. The molecule has 0 N–H and O–H groups in total. The van der Waals surface area contributed by atoms with Crippen molar-refractivity contribution in [2.45, 2.75) is 5.22 Å². The second-order valence-electron chi connectivity index (χ2n) is 4.51. The zero-order chi connectivity index (χ0) is 16.1. The quantitative estimate of drug-likeness (QED) is 0.442. The van der Waals surface area contributed by atoms with E-state index in [4.69, 9.17) is 32.4 Å². The van der Waals surface area contributed by atoms with Crippen molar-refractivity contribution < 1.29 is 9.15 Å². The molecule has 0 aliphatic heterocycles. The van der Waals surface area contributed by atoms with Crippen LogP contribution in [0.1, 0.15) is 0 Å². The number of hydrogen-bond acceptors (Lipinski definition) is 5. The van der Waals surface area contributed by atoms with E-state index in [1.807, 2.05) is 30.3 Å². The largest absolute Gasteiger partial charge is 0.491 e. The van der Waals surface area contributed by atoms with E-state index in [0.29, 0.717) is 39.3 Å². The molecule has 0 saturated carbocycles. The van der Waals surface area contributed by atoms with Crippen LogP contribution in [0.4, 0.5) is 0 Å². The molecule has 0 bridgehead atoms. The maximum absolute atomic E-state index is 6.04. The van der Waals surface area contributed by atoms with E-state index in [-0.39, 0.29) is 0 Å². The third-order valence-electron chi connectivity index (χ3n) is 2.89. The molecule has 0 atom stereocenters. The van der Waals surface area contributed by atoms with Crippen LogP contribution in [-0.4, -0.2) is 22.6 Å². The molecule has 3 rings (SSSR count). The summed E-state index contributed by atoms with van der Waals surface area (Å²) in [5.74, 6) is 1.77. The summed E-state index contributed by atoms with van der Waals surface area (Å²) >= 11 is 13.3. The summed E-state index contributed by atoms with van der Waals surface area (Å²) in [7, 11) is 0. The molecule has 0 radical (unpaired) electrons. The molecular weight excluding hydrogens is 355 g/mol. The molecule has 118 valence electrons. The number of hydrogen-bond donors (Lipinski definition) is 0. The van der Waals surface area contributed by atoms with Gasteiger partial charge in [-0.2, -0.15) is 0 Å². The van der Waals surface area contributed by atoms with Crippen molar-refractivity contribution in [1.82, 2.24) is 10.2 Å². The fourth-order valence-corrected chi connectivity index (χ4v) is 2.88. The average molecular weight is 367 g/mol. The Morgan fingerprint density at radius 3 is 2.65 bits per heavy atom. The number of ether oxygens (including phenoxy) is 1. The van der Waals surface area contributed by atoms with Crippen LogP contribution in [0.3, 0.4) is 0 Å². The first-order valence-corrected chi connectivity index (χ1v) is 8.56. The molecule has 0 spiro atoms. The minimum absolute atomic E-state index is 0.467. The van der Waals surface area contributed by atoms with Crippen LogP contribution in [0.25, 0.3) is 11.5 Å². The van der Waals surface area contributed by atoms with Gasteiger partial charge in [-0.05, 0) is 30.3 Å². The van der Waals surface area contributed by atoms with E-state index in [9.17, 15) is 0 Å². The highest BCUT2D eigenvalue weighted by Gasteiger charge is 2.09. The van der Waals surface area contributed by atoms with Crippen molar-refractivity contribution in [3.05, 3.63) is 58.6 Å². The van der Waals surface area contributed by atoms with Gasteiger partial charge in [0.05, 0.1) is 11.6 Å². The molecule has 0 fully saturated rings. The van der Waals surface area contributed by atoms with Crippen molar-refractivity contribution in [2.75, 3.05) is 12.4 Å². The van der Waals surface area contributed by atoms with Gasteiger partial charge < -0.3 is 9.15 Å². The standard InChI is InChI=1S/C16H12Cl2N2O2S/c17-12-6-7-14(13(18)10-12)21-8-9-23-16-20-19-15(22-16)11-4-2-1-3-5-11/h1-7,10H,8-9H2. The molecule has 1 heterocycles. The lowest BCUT2D eigenvalue weighted by atomic mass is 10.2. The predicted octanol–water partition coefficient (Wildman–Crippen LogP) is 5.21. The van der Waals surface area contributed by atoms with Gasteiger partial charge in [-0.25, -0.2) is 0 Å². The van der Waals surface area contributed by atoms with E-state index in [1.54, 1.807) is 18.2 Å². The SMILES string of the molecule is Clc1ccc(OCCSc2nnc(-c3ccccc3)o2)c(Cl)c1. The molecule has 0 aliphatic rings. The van der Waals surface area contributed by atoms with Crippen molar-refractivity contribution in [2.24, 2.45) is 0 Å². The number of benzene rings is 2. The van der Waals surface area contributed by atoms with Crippen LogP contribution in [0.2, 0.25) is 10.0 Å². The lowest BCUT2D eigenvalue weighted by Crippen LogP contribution is -2.00. The Morgan fingerprint density at radius 2 is 1.87 bits per heavy atom. The maximum Gasteiger partial charge on any atom is 0.276 e. The van der Waals surface area contributed by atoms with Gasteiger partial charge in [0.25, 0.3) is 5.22 Å².